The smallest absolute Gasteiger partial charge is 0.261 e. The van der Waals surface area contributed by atoms with E-state index in [1.165, 1.54) is 11.3 Å². The second-order valence-electron chi connectivity index (χ2n) is 7.22. The van der Waals surface area contributed by atoms with E-state index < -0.39 is 0 Å². The van der Waals surface area contributed by atoms with Crippen molar-refractivity contribution in [3.63, 3.8) is 0 Å². The maximum absolute atomic E-state index is 13.3. The quantitative estimate of drug-likeness (QED) is 0.387. The third-order valence-electron chi connectivity index (χ3n) is 5.06. The van der Waals surface area contributed by atoms with E-state index in [2.05, 4.69) is 15.3 Å². The minimum atomic E-state index is -0.252. The molecule has 5 aromatic rings. The first kappa shape index (κ1) is 19.8. The van der Waals surface area contributed by atoms with E-state index in [-0.39, 0.29) is 5.91 Å². The third kappa shape index (κ3) is 3.93. The van der Waals surface area contributed by atoms with Gasteiger partial charge in [-0.2, -0.15) is 5.10 Å². The topological polar surface area (TPSA) is 72.7 Å². The van der Waals surface area contributed by atoms with Crippen molar-refractivity contribution in [1.29, 1.82) is 0 Å². The summed E-state index contributed by atoms with van der Waals surface area (Å²) in [7, 11) is 0. The summed E-state index contributed by atoms with van der Waals surface area (Å²) in [5.74, 6) is -0.252. The van der Waals surface area contributed by atoms with Crippen molar-refractivity contribution < 1.29 is 4.79 Å². The Labute approximate surface area is 189 Å². The standard InChI is InChI=1S/C25H19N5OS/c1-17-8-5-6-12-20(17)23-21(15-30(29-23)19-10-3-2-4-11-19)24(31)28-25-27-22(16-32-25)18-9-7-13-26-14-18/h2-16H,1H3,(H,27,28,31). The average molecular weight is 438 g/mol. The fourth-order valence-electron chi connectivity index (χ4n) is 3.43. The molecule has 6 nitrogen and oxygen atoms in total. The number of aryl methyl sites for hydroxylation is 1. The number of carbonyl (C=O) groups excluding carboxylic acids is 1. The van der Waals surface area contributed by atoms with E-state index in [1.807, 2.05) is 79.0 Å². The number of anilines is 1. The molecule has 5 rings (SSSR count). The summed E-state index contributed by atoms with van der Waals surface area (Å²) in [6.45, 7) is 2.01. The molecule has 0 atom stereocenters. The van der Waals surface area contributed by atoms with Crippen LogP contribution in [-0.2, 0) is 0 Å². The number of para-hydroxylation sites is 1. The summed E-state index contributed by atoms with van der Waals surface area (Å²) in [4.78, 5) is 22.0. The van der Waals surface area contributed by atoms with Gasteiger partial charge in [-0.3, -0.25) is 15.1 Å². The zero-order valence-corrected chi connectivity index (χ0v) is 18.1. The van der Waals surface area contributed by atoms with Crippen LogP contribution in [0.2, 0.25) is 0 Å². The molecule has 2 aromatic carbocycles. The van der Waals surface area contributed by atoms with Gasteiger partial charge in [-0.1, -0.05) is 42.5 Å². The molecule has 0 spiro atoms. The van der Waals surface area contributed by atoms with Crippen LogP contribution in [0.15, 0.2) is 90.7 Å². The highest BCUT2D eigenvalue weighted by Gasteiger charge is 2.21. The average Bonchev–Trinajstić information content (AvgIpc) is 3.48. The number of rotatable bonds is 5. The van der Waals surface area contributed by atoms with Gasteiger partial charge in [-0.15, -0.1) is 11.3 Å². The predicted molar refractivity (Wildman–Crippen MR) is 127 cm³/mol. The van der Waals surface area contributed by atoms with Gasteiger partial charge in [-0.25, -0.2) is 9.67 Å². The zero-order valence-electron chi connectivity index (χ0n) is 17.3. The number of carbonyl (C=O) groups is 1. The molecule has 0 aliphatic rings. The molecule has 0 bridgehead atoms. The van der Waals surface area contributed by atoms with Crippen molar-refractivity contribution >= 4 is 22.4 Å². The van der Waals surface area contributed by atoms with Crippen molar-refractivity contribution in [3.8, 4) is 28.2 Å². The van der Waals surface area contributed by atoms with Crippen molar-refractivity contribution in [2.75, 3.05) is 5.32 Å². The molecular formula is C25H19N5OS. The molecule has 32 heavy (non-hydrogen) atoms. The summed E-state index contributed by atoms with van der Waals surface area (Å²) >= 11 is 1.38. The van der Waals surface area contributed by atoms with Crippen LogP contribution in [0.3, 0.4) is 0 Å². The van der Waals surface area contributed by atoms with Crippen LogP contribution in [0.4, 0.5) is 5.13 Å². The minimum absolute atomic E-state index is 0.252. The molecule has 0 saturated carbocycles. The Morgan fingerprint density at radius 1 is 1.00 bits per heavy atom. The fourth-order valence-corrected chi connectivity index (χ4v) is 4.15. The number of amides is 1. The second kappa shape index (κ2) is 8.56. The Bertz CT molecular complexity index is 1380. The molecule has 0 radical (unpaired) electrons. The SMILES string of the molecule is Cc1ccccc1-c1nn(-c2ccccc2)cc1C(=O)Nc1nc(-c2cccnc2)cs1. The third-order valence-corrected chi connectivity index (χ3v) is 5.82. The van der Waals surface area contributed by atoms with Crippen LogP contribution in [0.1, 0.15) is 15.9 Å². The zero-order chi connectivity index (χ0) is 21.9. The number of thiazole rings is 1. The van der Waals surface area contributed by atoms with E-state index >= 15 is 0 Å². The van der Waals surface area contributed by atoms with E-state index in [0.717, 1.165) is 28.1 Å². The normalized spacial score (nSPS) is 10.8. The van der Waals surface area contributed by atoms with Crippen LogP contribution in [0, 0.1) is 6.92 Å². The first-order chi connectivity index (χ1) is 15.7. The number of pyridine rings is 1. The van der Waals surface area contributed by atoms with Gasteiger partial charge >= 0.3 is 0 Å². The molecule has 156 valence electrons. The van der Waals surface area contributed by atoms with Gasteiger partial charge in [0.25, 0.3) is 5.91 Å². The van der Waals surface area contributed by atoms with Crippen molar-refractivity contribution in [3.05, 3.63) is 102 Å². The molecular weight excluding hydrogens is 418 g/mol. The summed E-state index contributed by atoms with van der Waals surface area (Å²) in [5.41, 5.74) is 5.65. The number of aromatic nitrogens is 4. The number of benzene rings is 2. The van der Waals surface area contributed by atoms with E-state index in [1.54, 1.807) is 23.3 Å². The molecule has 1 amide bonds. The summed E-state index contributed by atoms with van der Waals surface area (Å²) in [6, 6.07) is 21.5. The molecule has 0 aliphatic carbocycles. The molecule has 0 saturated heterocycles. The van der Waals surface area contributed by atoms with Crippen LogP contribution in [-0.4, -0.2) is 25.7 Å². The van der Waals surface area contributed by atoms with E-state index in [9.17, 15) is 4.79 Å². The Hall–Kier alpha value is -4.10. The monoisotopic (exact) mass is 437 g/mol. The molecule has 3 heterocycles. The summed E-state index contributed by atoms with van der Waals surface area (Å²) < 4.78 is 1.74. The Morgan fingerprint density at radius 2 is 1.81 bits per heavy atom. The first-order valence-electron chi connectivity index (χ1n) is 10.1. The van der Waals surface area contributed by atoms with E-state index in [0.29, 0.717) is 16.4 Å². The van der Waals surface area contributed by atoms with Gasteiger partial charge in [0.1, 0.15) is 5.69 Å². The molecule has 1 N–H and O–H groups in total. The van der Waals surface area contributed by atoms with Gasteiger partial charge < -0.3 is 0 Å². The second-order valence-corrected chi connectivity index (χ2v) is 8.08. The van der Waals surface area contributed by atoms with Gasteiger partial charge in [0.05, 0.1) is 16.9 Å². The Morgan fingerprint density at radius 3 is 2.59 bits per heavy atom. The maximum Gasteiger partial charge on any atom is 0.261 e. The number of nitrogens with one attached hydrogen (secondary N) is 1. The van der Waals surface area contributed by atoms with Gasteiger partial charge in [-0.05, 0) is 36.8 Å². The van der Waals surface area contributed by atoms with Crippen molar-refractivity contribution in [2.24, 2.45) is 0 Å². The summed E-state index contributed by atoms with van der Waals surface area (Å²) in [5, 5.41) is 10.1. The van der Waals surface area contributed by atoms with Gasteiger partial charge in [0.15, 0.2) is 5.13 Å². The lowest BCUT2D eigenvalue weighted by molar-refractivity contribution is 0.102. The maximum atomic E-state index is 13.3. The van der Waals surface area contributed by atoms with Crippen LogP contribution in [0.5, 0.6) is 0 Å². The lowest BCUT2D eigenvalue weighted by Crippen LogP contribution is -2.12. The van der Waals surface area contributed by atoms with Crippen molar-refractivity contribution in [2.45, 2.75) is 6.92 Å². The summed E-state index contributed by atoms with van der Waals surface area (Å²) in [6.07, 6.45) is 5.24. The van der Waals surface area contributed by atoms with Crippen LogP contribution < -0.4 is 5.32 Å². The molecule has 3 aromatic heterocycles. The Balaban J connectivity index is 1.51. The number of hydrogen-bond donors (Lipinski definition) is 1. The predicted octanol–water partition coefficient (Wildman–Crippen LogP) is 5.62. The van der Waals surface area contributed by atoms with Gasteiger partial charge in [0.2, 0.25) is 0 Å². The van der Waals surface area contributed by atoms with E-state index in [4.69, 9.17) is 5.10 Å². The fraction of sp³-hybridized carbons (Fsp3) is 0.0400. The van der Waals surface area contributed by atoms with Crippen molar-refractivity contribution in [1.82, 2.24) is 19.7 Å². The highest BCUT2D eigenvalue weighted by atomic mass is 32.1. The highest BCUT2D eigenvalue weighted by molar-refractivity contribution is 7.14. The van der Waals surface area contributed by atoms with Crippen LogP contribution in [0.25, 0.3) is 28.2 Å². The minimum Gasteiger partial charge on any atom is -0.298 e. The lowest BCUT2D eigenvalue weighted by Gasteiger charge is -2.05. The number of hydrogen-bond acceptors (Lipinski definition) is 5. The molecule has 7 heteroatoms. The largest absolute Gasteiger partial charge is 0.298 e. The molecule has 0 aliphatic heterocycles. The molecule has 0 fully saturated rings. The number of nitrogens with zero attached hydrogens (tertiary/aromatic N) is 4. The highest BCUT2D eigenvalue weighted by Crippen LogP contribution is 2.29. The van der Waals surface area contributed by atoms with Crippen LogP contribution >= 0.6 is 11.3 Å². The lowest BCUT2D eigenvalue weighted by atomic mass is 10.0. The Kier molecular flexibility index (Phi) is 5.31. The first-order valence-corrected chi connectivity index (χ1v) is 11.0. The van der Waals surface area contributed by atoms with Gasteiger partial charge in [0, 0.05) is 35.1 Å². The molecule has 0 unspecified atom stereocenters.